The number of benzene rings is 9. The number of nitrogens with zero attached hydrogens (tertiary/aromatic N) is 2. The molecule has 1 aliphatic heterocycles. The number of ether oxygens (including phenoxy) is 1. The fraction of sp³-hybridized carbons (Fsp3) is 0.258. The fourth-order valence-corrected chi connectivity index (χ4v) is 13.6. The Labute approximate surface area is 556 Å². The zero-order valence-corrected chi connectivity index (χ0v) is 56.7. The molecule has 0 saturated heterocycles. The summed E-state index contributed by atoms with van der Waals surface area (Å²) in [6.07, 6.45) is 42.4. The van der Waals surface area contributed by atoms with Crippen molar-refractivity contribution in [3.63, 3.8) is 0 Å². The number of hydrogen-bond donors (Lipinski definition) is 0. The van der Waals surface area contributed by atoms with Crippen LogP contribution < -0.4 is 25.2 Å². The largest absolute Gasteiger partial charge is 0.483 e. The zero-order chi connectivity index (χ0) is 65.6. The van der Waals surface area contributed by atoms with Crippen LogP contribution in [0.2, 0.25) is 0 Å². The van der Waals surface area contributed by atoms with Crippen molar-refractivity contribution in [3.05, 3.63) is 282 Å². The Balaban J connectivity index is 0.000000398. The Hall–Kier alpha value is -9.56. The summed E-state index contributed by atoms with van der Waals surface area (Å²) in [6, 6.07) is 61.8. The summed E-state index contributed by atoms with van der Waals surface area (Å²) in [4.78, 5) is 4.85. The third-order valence-electron chi connectivity index (χ3n) is 18.1. The maximum atomic E-state index is 7.22. The number of allylic oxidation sites excluding steroid dienone is 10. The molecule has 0 radical (unpaired) electrons. The van der Waals surface area contributed by atoms with Crippen LogP contribution in [-0.2, 0) is 0 Å². The molecule has 4 nitrogen and oxygen atoms in total. The molecule has 2 saturated carbocycles. The van der Waals surface area contributed by atoms with Gasteiger partial charge in [-0.05, 0) is 154 Å². The quantitative estimate of drug-likeness (QED) is 0.0733. The van der Waals surface area contributed by atoms with Gasteiger partial charge in [0, 0.05) is 44.2 Å². The predicted molar refractivity (Wildman–Crippen MR) is 407 cm³/mol. The number of para-hydroxylation sites is 2. The minimum atomic E-state index is -0.0273. The molecule has 14 rings (SSSR count). The van der Waals surface area contributed by atoms with Crippen molar-refractivity contribution in [1.82, 2.24) is 0 Å². The molecule has 0 N–H and O–H groups in total. The summed E-state index contributed by atoms with van der Waals surface area (Å²) < 4.78 is 14.3. The van der Waals surface area contributed by atoms with Crippen molar-refractivity contribution in [1.29, 1.82) is 0 Å². The molecule has 2 heterocycles. The van der Waals surface area contributed by atoms with Gasteiger partial charge in [0.1, 0.15) is 17.4 Å². The maximum absolute atomic E-state index is 7.22. The van der Waals surface area contributed by atoms with Crippen LogP contribution in [0.1, 0.15) is 160 Å². The highest BCUT2D eigenvalue weighted by Crippen LogP contribution is 2.53. The molecule has 1 aromatic heterocycles. The van der Waals surface area contributed by atoms with E-state index < -0.39 is 0 Å². The van der Waals surface area contributed by atoms with E-state index in [1.807, 2.05) is 75.4 Å². The highest BCUT2D eigenvalue weighted by molar-refractivity contribution is 6.28. The molecule has 2 unspecified atom stereocenters. The van der Waals surface area contributed by atoms with Gasteiger partial charge >= 0.3 is 0 Å². The van der Waals surface area contributed by atoms with Crippen LogP contribution in [0.25, 0.3) is 60.6 Å². The van der Waals surface area contributed by atoms with E-state index in [1.54, 1.807) is 13.0 Å². The number of terminal acetylenes is 1. The molecule has 2 fully saturated rings. The molecular weight excluding hydrogens is 1130 g/mol. The van der Waals surface area contributed by atoms with E-state index >= 15 is 0 Å². The van der Waals surface area contributed by atoms with Crippen LogP contribution in [-0.4, -0.2) is 6.10 Å². The molecule has 2 atom stereocenters. The van der Waals surface area contributed by atoms with E-state index in [2.05, 4.69) is 246 Å². The van der Waals surface area contributed by atoms with Gasteiger partial charge in [-0.15, -0.1) is 12.3 Å². The molecule has 474 valence electrons. The fourth-order valence-electron chi connectivity index (χ4n) is 13.6. The highest BCUT2D eigenvalue weighted by Gasteiger charge is 2.38. The predicted octanol–water partition coefficient (Wildman–Crippen LogP) is 24.9. The summed E-state index contributed by atoms with van der Waals surface area (Å²) in [7, 11) is 0. The molecule has 93 heavy (non-hydrogen) atoms. The number of fused-ring (bicyclic) bond motifs is 4. The van der Waals surface area contributed by atoms with E-state index in [0.29, 0.717) is 5.92 Å². The van der Waals surface area contributed by atoms with Crippen molar-refractivity contribution >= 4 is 89.1 Å². The van der Waals surface area contributed by atoms with Gasteiger partial charge in [-0.25, -0.2) is 0 Å². The maximum Gasteiger partial charge on any atom is 0.154 e. The Morgan fingerprint density at radius 1 is 0.581 bits per heavy atom. The monoisotopic (exact) mass is 1220 g/mol. The van der Waals surface area contributed by atoms with E-state index in [1.165, 1.54) is 136 Å². The molecule has 4 heteroatoms. The van der Waals surface area contributed by atoms with Gasteiger partial charge in [0.05, 0.1) is 22.8 Å². The summed E-state index contributed by atoms with van der Waals surface area (Å²) in [6.45, 7) is 26.1. The van der Waals surface area contributed by atoms with Crippen LogP contribution in [0, 0.1) is 19.3 Å². The van der Waals surface area contributed by atoms with E-state index in [4.69, 9.17) is 9.15 Å². The molecule has 3 aliphatic carbocycles. The number of rotatable bonds is 11. The van der Waals surface area contributed by atoms with Gasteiger partial charge in [0.2, 0.25) is 0 Å². The van der Waals surface area contributed by atoms with Gasteiger partial charge < -0.3 is 19.0 Å². The van der Waals surface area contributed by atoms with Gasteiger partial charge in [-0.2, -0.15) is 0 Å². The average molecular weight is 1230 g/mol. The first-order valence-corrected chi connectivity index (χ1v) is 34.0. The highest BCUT2D eigenvalue weighted by atomic mass is 16.5. The van der Waals surface area contributed by atoms with E-state index in [9.17, 15) is 0 Å². The Bertz CT molecular complexity index is 4400. The lowest BCUT2D eigenvalue weighted by Crippen LogP contribution is -2.29. The standard InChI is InChI=1S/C67H60N2O2.C6H12.C6H6.C5H8.C3H4.C2H6/c1-7-9-17-43(4)46-28-36-51(37-29-46)69(61-25-15-24-56-54-22-13-18-44(5)64(54)70-67(56)61)60-41-33-49-30-38-57-59(40-32-48-31-39-58(60)63(49)62(48)57)68(50-34-26-42(3)27-35-50)45(6)65-53(16-8-2)55-23-14-21-52(66(55)71-65)47-19-11-10-12-20-47;2*1-2-4-6-5-3-1;1-3-5-4-2;1-3-2;1-2/h7-9,13-18,21-41,47,54,64H,2,10-12,19-20H2,1,3-6H3;1-6H2;1-6H;3-5H,1H2,2H3;1H,2H3;1-2H3/b9-7-,43-17+,53-16-,65-45-;;;5-4-;;. The zero-order valence-electron chi connectivity index (χ0n) is 56.7. The van der Waals surface area contributed by atoms with E-state index in [0.717, 1.165) is 61.5 Å². The van der Waals surface area contributed by atoms with Crippen LogP contribution in [0.5, 0.6) is 5.75 Å². The number of aryl methyl sites for hydroxylation is 1. The minimum absolute atomic E-state index is 0.0273. The van der Waals surface area contributed by atoms with Crippen LogP contribution in [0.3, 0.4) is 0 Å². The lowest BCUT2D eigenvalue weighted by molar-refractivity contribution is 0.256. The average Bonchev–Trinajstić information content (AvgIpc) is 1.11. The van der Waals surface area contributed by atoms with Crippen LogP contribution in [0.4, 0.5) is 28.4 Å². The summed E-state index contributed by atoms with van der Waals surface area (Å²) in [5, 5.41) is 9.42. The molecule has 0 amide bonds. The number of furan rings is 1. The van der Waals surface area contributed by atoms with Gasteiger partial charge in [0.25, 0.3) is 0 Å². The normalized spacial score (nSPS) is 16.3. The first kappa shape index (κ1) is 67.8. The van der Waals surface area contributed by atoms with Crippen molar-refractivity contribution in [2.24, 2.45) is 0 Å². The van der Waals surface area contributed by atoms with Crippen molar-refractivity contribution in [2.45, 2.75) is 151 Å². The molecule has 0 bridgehead atoms. The summed E-state index contributed by atoms with van der Waals surface area (Å²) in [5.74, 6) is 3.86. The summed E-state index contributed by atoms with van der Waals surface area (Å²) >= 11 is 0. The van der Waals surface area contributed by atoms with Gasteiger partial charge in [0.15, 0.2) is 5.42 Å². The Kier molecular flexibility index (Phi) is 24.6. The molecule has 0 spiro atoms. The second-order valence-corrected chi connectivity index (χ2v) is 24.3. The third-order valence-corrected chi connectivity index (χ3v) is 18.1. The summed E-state index contributed by atoms with van der Waals surface area (Å²) in [5.41, 5.74) is 15.7. The lowest BCUT2D eigenvalue weighted by Gasteiger charge is -2.30. The van der Waals surface area contributed by atoms with Crippen molar-refractivity contribution in [3.8, 4) is 18.1 Å². The SMILES string of the molecule is C#CC.C1CCCCC1.C=C/C=C\C.C=C/C=c1\c(=C(/C)N(c2ccc(C)cc2)c2ccc3ccc4c(N(c5ccc(/C(C)=C/C=C\C)cc5)c5cccc6c5OC5C(C)=CC=CC65)ccc5ccc2c3c54)oc2c(C3CCCCC3)cccc12.CC.c1ccccc1. The number of hydrogen-bond acceptors (Lipinski definition) is 4. The second kappa shape index (κ2) is 33.7. The Morgan fingerprint density at radius 3 is 1.71 bits per heavy atom. The second-order valence-electron chi connectivity index (χ2n) is 24.3. The first-order valence-electron chi connectivity index (χ1n) is 34.0. The third kappa shape index (κ3) is 15.5. The van der Waals surface area contributed by atoms with Gasteiger partial charge in [-0.3, -0.25) is 0 Å². The number of anilines is 5. The van der Waals surface area contributed by atoms with Crippen LogP contribution in [0.15, 0.2) is 254 Å². The Morgan fingerprint density at radius 2 is 1.13 bits per heavy atom. The molecule has 4 aliphatic rings. The van der Waals surface area contributed by atoms with Crippen molar-refractivity contribution < 1.29 is 9.15 Å². The first-order chi connectivity index (χ1) is 45.6. The molecule has 10 aromatic rings. The lowest BCUT2D eigenvalue weighted by atomic mass is 9.83. The molecular formula is C89H96N2O2. The van der Waals surface area contributed by atoms with Gasteiger partial charge in [-0.1, -0.05) is 285 Å². The van der Waals surface area contributed by atoms with E-state index in [-0.39, 0.29) is 12.0 Å². The van der Waals surface area contributed by atoms with Crippen LogP contribution >= 0.6 is 0 Å². The van der Waals surface area contributed by atoms with Crippen molar-refractivity contribution in [2.75, 3.05) is 9.80 Å². The smallest absolute Gasteiger partial charge is 0.154 e. The topological polar surface area (TPSA) is 28.9 Å². The molecule has 9 aromatic carbocycles. The minimum Gasteiger partial charge on any atom is -0.483 e.